The van der Waals surface area contributed by atoms with E-state index in [0.29, 0.717) is 18.4 Å². The first-order chi connectivity index (χ1) is 9.06. The molecule has 6 nitrogen and oxygen atoms in total. The summed E-state index contributed by atoms with van der Waals surface area (Å²) >= 11 is 0. The van der Waals surface area contributed by atoms with Crippen LogP contribution < -0.4 is 16.6 Å². The van der Waals surface area contributed by atoms with Crippen molar-refractivity contribution >= 4 is 11.8 Å². The van der Waals surface area contributed by atoms with E-state index in [9.17, 15) is 14.4 Å². The Hall–Kier alpha value is -2.11. The fourth-order valence-electron chi connectivity index (χ4n) is 2.34. The first kappa shape index (κ1) is 13.3. The van der Waals surface area contributed by atoms with Crippen molar-refractivity contribution in [2.45, 2.75) is 31.7 Å². The highest BCUT2D eigenvalue weighted by Crippen LogP contribution is 2.24. The SMILES string of the molecule is NC(=O)C1CCC(NC(=O)c2ccc(=O)[nH]c2)CC1. The summed E-state index contributed by atoms with van der Waals surface area (Å²) in [6, 6.07) is 2.87. The minimum absolute atomic E-state index is 0.0648. The summed E-state index contributed by atoms with van der Waals surface area (Å²) < 4.78 is 0. The van der Waals surface area contributed by atoms with Gasteiger partial charge in [-0.15, -0.1) is 0 Å². The van der Waals surface area contributed by atoms with E-state index in [2.05, 4.69) is 10.3 Å². The van der Waals surface area contributed by atoms with Crippen molar-refractivity contribution in [3.05, 3.63) is 34.2 Å². The predicted octanol–water partition coefficient (Wildman–Crippen LogP) is 0.149. The van der Waals surface area contributed by atoms with Crippen molar-refractivity contribution in [1.29, 1.82) is 0 Å². The molecule has 102 valence electrons. The molecule has 0 aliphatic heterocycles. The molecular formula is C13H17N3O3. The molecule has 1 aromatic heterocycles. The van der Waals surface area contributed by atoms with Gasteiger partial charge < -0.3 is 16.0 Å². The second-order valence-corrected chi connectivity index (χ2v) is 4.87. The van der Waals surface area contributed by atoms with Gasteiger partial charge in [0.1, 0.15) is 0 Å². The van der Waals surface area contributed by atoms with Gasteiger partial charge in [-0.3, -0.25) is 14.4 Å². The molecule has 0 bridgehead atoms. The van der Waals surface area contributed by atoms with Gasteiger partial charge in [0.05, 0.1) is 5.56 Å². The minimum atomic E-state index is -0.259. The molecule has 1 aliphatic carbocycles. The Kier molecular flexibility index (Phi) is 3.99. The standard InChI is InChI=1S/C13H17N3O3/c14-12(18)8-1-4-10(5-2-8)16-13(19)9-3-6-11(17)15-7-9/h3,6-8,10H,1-2,4-5H2,(H2,14,18)(H,15,17)(H,16,19). The lowest BCUT2D eigenvalue weighted by atomic mass is 9.85. The van der Waals surface area contributed by atoms with Crippen LogP contribution in [0.1, 0.15) is 36.0 Å². The molecule has 1 saturated carbocycles. The highest BCUT2D eigenvalue weighted by Gasteiger charge is 2.25. The third-order valence-corrected chi connectivity index (χ3v) is 3.51. The van der Waals surface area contributed by atoms with Crippen LogP contribution in [0.15, 0.2) is 23.1 Å². The van der Waals surface area contributed by atoms with Crippen molar-refractivity contribution in [3.8, 4) is 0 Å². The van der Waals surface area contributed by atoms with Crippen LogP contribution in [0.5, 0.6) is 0 Å². The third-order valence-electron chi connectivity index (χ3n) is 3.51. The molecular weight excluding hydrogens is 246 g/mol. The molecule has 0 saturated heterocycles. The number of nitrogens with one attached hydrogen (secondary N) is 2. The van der Waals surface area contributed by atoms with E-state index in [4.69, 9.17) is 5.73 Å². The second-order valence-electron chi connectivity index (χ2n) is 4.87. The van der Waals surface area contributed by atoms with Gasteiger partial charge in [0.2, 0.25) is 11.5 Å². The summed E-state index contributed by atoms with van der Waals surface area (Å²) in [5, 5.41) is 2.90. The zero-order valence-electron chi connectivity index (χ0n) is 10.5. The summed E-state index contributed by atoms with van der Waals surface area (Å²) in [5.74, 6) is -0.537. The molecule has 2 amide bonds. The molecule has 0 unspecified atom stereocenters. The van der Waals surface area contributed by atoms with Gasteiger partial charge in [0.25, 0.3) is 5.91 Å². The number of nitrogens with two attached hydrogens (primary N) is 1. The molecule has 0 spiro atoms. The van der Waals surface area contributed by atoms with Crippen LogP contribution in [0.25, 0.3) is 0 Å². The molecule has 0 atom stereocenters. The van der Waals surface area contributed by atoms with Gasteiger partial charge in [-0.25, -0.2) is 0 Å². The number of H-pyrrole nitrogens is 1. The highest BCUT2D eigenvalue weighted by atomic mass is 16.2. The smallest absolute Gasteiger partial charge is 0.252 e. The number of amides is 2. The van der Waals surface area contributed by atoms with E-state index in [-0.39, 0.29) is 29.3 Å². The normalized spacial score (nSPS) is 22.7. The number of carbonyl (C=O) groups excluding carboxylic acids is 2. The number of primary amides is 1. The van der Waals surface area contributed by atoms with Crippen LogP contribution in [-0.4, -0.2) is 22.8 Å². The van der Waals surface area contributed by atoms with Crippen molar-refractivity contribution in [3.63, 3.8) is 0 Å². The number of aromatic nitrogens is 1. The Morgan fingerprint density at radius 3 is 2.42 bits per heavy atom. The van der Waals surface area contributed by atoms with E-state index >= 15 is 0 Å². The summed E-state index contributed by atoms with van der Waals surface area (Å²) in [4.78, 5) is 36.3. The van der Waals surface area contributed by atoms with Crippen LogP contribution in [0.2, 0.25) is 0 Å². The quantitative estimate of drug-likeness (QED) is 0.722. The van der Waals surface area contributed by atoms with Gasteiger partial charge in [-0.2, -0.15) is 0 Å². The average molecular weight is 263 g/mol. The van der Waals surface area contributed by atoms with Gasteiger partial charge >= 0.3 is 0 Å². The van der Waals surface area contributed by atoms with E-state index in [0.717, 1.165) is 12.8 Å². The Labute approximate surface area is 110 Å². The summed E-state index contributed by atoms with van der Waals surface area (Å²) in [7, 11) is 0. The highest BCUT2D eigenvalue weighted by molar-refractivity contribution is 5.94. The Morgan fingerprint density at radius 1 is 1.21 bits per heavy atom. The minimum Gasteiger partial charge on any atom is -0.369 e. The first-order valence-corrected chi connectivity index (χ1v) is 6.35. The molecule has 19 heavy (non-hydrogen) atoms. The monoisotopic (exact) mass is 263 g/mol. The van der Waals surface area contributed by atoms with Crippen LogP contribution in [0, 0.1) is 5.92 Å². The maximum atomic E-state index is 11.9. The molecule has 1 aliphatic rings. The molecule has 1 aromatic rings. The maximum absolute atomic E-state index is 11.9. The number of hydrogen-bond acceptors (Lipinski definition) is 3. The van der Waals surface area contributed by atoms with Crippen molar-refractivity contribution in [2.24, 2.45) is 11.7 Å². The van der Waals surface area contributed by atoms with Crippen LogP contribution in [0.3, 0.4) is 0 Å². The molecule has 0 aromatic carbocycles. The van der Waals surface area contributed by atoms with Gasteiger partial charge in [-0.1, -0.05) is 0 Å². The number of carbonyl (C=O) groups is 2. The molecule has 1 heterocycles. The summed E-state index contributed by atoms with van der Waals surface area (Å²) in [5.41, 5.74) is 5.45. The second kappa shape index (κ2) is 5.69. The maximum Gasteiger partial charge on any atom is 0.252 e. The third kappa shape index (κ3) is 3.43. The topological polar surface area (TPSA) is 105 Å². The van der Waals surface area contributed by atoms with Crippen molar-refractivity contribution in [1.82, 2.24) is 10.3 Å². The van der Waals surface area contributed by atoms with Crippen LogP contribution in [0.4, 0.5) is 0 Å². The molecule has 6 heteroatoms. The Bertz CT molecular complexity index is 510. The van der Waals surface area contributed by atoms with E-state index in [1.807, 2.05) is 0 Å². The number of hydrogen-bond donors (Lipinski definition) is 3. The van der Waals surface area contributed by atoms with Crippen LogP contribution >= 0.6 is 0 Å². The lowest BCUT2D eigenvalue weighted by Crippen LogP contribution is -2.39. The molecule has 1 fully saturated rings. The van der Waals surface area contributed by atoms with E-state index in [1.165, 1.54) is 18.3 Å². The van der Waals surface area contributed by atoms with Gasteiger partial charge in [0, 0.05) is 24.2 Å². The number of pyridine rings is 1. The fraction of sp³-hybridized carbons (Fsp3) is 0.462. The molecule has 0 radical (unpaired) electrons. The lowest BCUT2D eigenvalue weighted by Gasteiger charge is -2.27. The molecule has 4 N–H and O–H groups in total. The fourth-order valence-corrected chi connectivity index (χ4v) is 2.34. The Balaban J connectivity index is 1.89. The van der Waals surface area contributed by atoms with E-state index in [1.54, 1.807) is 0 Å². The predicted molar refractivity (Wildman–Crippen MR) is 69.5 cm³/mol. The van der Waals surface area contributed by atoms with Crippen LogP contribution in [-0.2, 0) is 4.79 Å². The van der Waals surface area contributed by atoms with E-state index < -0.39 is 0 Å². The zero-order chi connectivity index (χ0) is 13.8. The lowest BCUT2D eigenvalue weighted by molar-refractivity contribution is -0.122. The number of aromatic amines is 1. The van der Waals surface area contributed by atoms with Crippen molar-refractivity contribution < 1.29 is 9.59 Å². The summed E-state index contributed by atoms with van der Waals surface area (Å²) in [6.45, 7) is 0. The average Bonchev–Trinajstić information content (AvgIpc) is 2.40. The van der Waals surface area contributed by atoms with Crippen molar-refractivity contribution in [2.75, 3.05) is 0 Å². The summed E-state index contributed by atoms with van der Waals surface area (Å²) in [6.07, 6.45) is 4.33. The van der Waals surface area contributed by atoms with Gasteiger partial charge in [-0.05, 0) is 31.7 Å². The van der Waals surface area contributed by atoms with Gasteiger partial charge in [0.15, 0.2) is 0 Å². The number of rotatable bonds is 3. The zero-order valence-corrected chi connectivity index (χ0v) is 10.5. The molecule has 2 rings (SSSR count). The largest absolute Gasteiger partial charge is 0.369 e. The first-order valence-electron chi connectivity index (χ1n) is 6.35. The Morgan fingerprint density at radius 2 is 1.89 bits per heavy atom.